The van der Waals surface area contributed by atoms with Gasteiger partial charge in [-0.05, 0) is 54.8 Å². The van der Waals surface area contributed by atoms with Gasteiger partial charge < -0.3 is 9.47 Å². The molecular weight excluding hydrogens is 396 g/mol. The number of carbonyl (C=O) groups excluding carboxylic acids is 2. The van der Waals surface area contributed by atoms with Crippen molar-refractivity contribution < 1.29 is 19.1 Å². The van der Waals surface area contributed by atoms with Crippen LogP contribution >= 0.6 is 15.9 Å². The maximum Gasteiger partial charge on any atom is 0.317 e. The van der Waals surface area contributed by atoms with Crippen molar-refractivity contribution >= 4 is 27.7 Å². The number of hydrogen-bond donors (Lipinski definition) is 0. The van der Waals surface area contributed by atoms with Gasteiger partial charge in [0.2, 0.25) is 0 Å². The number of esters is 1. The third kappa shape index (κ3) is 5.70. The van der Waals surface area contributed by atoms with Crippen molar-refractivity contribution in [1.29, 1.82) is 0 Å². The van der Waals surface area contributed by atoms with E-state index in [0.717, 1.165) is 22.9 Å². The molecule has 0 bridgehead atoms. The summed E-state index contributed by atoms with van der Waals surface area (Å²) < 4.78 is 11.4. The highest BCUT2D eigenvalue weighted by Gasteiger charge is 2.29. The summed E-state index contributed by atoms with van der Waals surface area (Å²) >= 11 is 3.39. The summed E-state index contributed by atoms with van der Waals surface area (Å²) in [6, 6.07) is 14.4. The first-order valence-corrected chi connectivity index (χ1v) is 9.43. The van der Waals surface area contributed by atoms with Crippen molar-refractivity contribution in [2.45, 2.75) is 26.2 Å². The van der Waals surface area contributed by atoms with Crippen LogP contribution in [0.1, 0.15) is 35.7 Å². The minimum atomic E-state index is -0.860. The van der Waals surface area contributed by atoms with Gasteiger partial charge in [-0.15, -0.1) is 0 Å². The number of Topliss-reactive ketones (excluding diaryl/α,β-unsaturated/α-hetero) is 1. The molecule has 5 heteroatoms. The number of ketones is 1. The van der Waals surface area contributed by atoms with Crippen LogP contribution in [0.5, 0.6) is 5.75 Å². The zero-order chi connectivity index (χ0) is 18.9. The smallest absolute Gasteiger partial charge is 0.317 e. The Labute approximate surface area is 162 Å². The molecule has 0 saturated heterocycles. The van der Waals surface area contributed by atoms with Crippen LogP contribution in [-0.2, 0) is 16.0 Å². The zero-order valence-electron chi connectivity index (χ0n) is 15.0. The average molecular weight is 419 g/mol. The first kappa shape index (κ1) is 20.2. The number of methoxy groups -OCH3 is 1. The van der Waals surface area contributed by atoms with E-state index in [9.17, 15) is 9.59 Å². The van der Waals surface area contributed by atoms with E-state index in [0.29, 0.717) is 24.3 Å². The second-order valence-corrected chi connectivity index (χ2v) is 6.91. The third-order valence-corrected chi connectivity index (χ3v) is 4.60. The third-order valence-electron chi connectivity index (χ3n) is 4.07. The lowest BCUT2D eigenvalue weighted by atomic mass is 9.91. The van der Waals surface area contributed by atoms with Crippen LogP contribution in [0.15, 0.2) is 53.0 Å². The topological polar surface area (TPSA) is 52.6 Å². The number of hydrogen-bond acceptors (Lipinski definition) is 4. The van der Waals surface area contributed by atoms with Crippen LogP contribution in [0.4, 0.5) is 0 Å². The molecule has 26 heavy (non-hydrogen) atoms. The highest BCUT2D eigenvalue weighted by atomic mass is 79.9. The molecule has 0 spiro atoms. The number of carbonyl (C=O) groups is 2. The van der Waals surface area contributed by atoms with E-state index in [4.69, 9.17) is 9.47 Å². The number of unbranched alkanes of at least 4 members (excludes halogenated alkanes) is 1. The van der Waals surface area contributed by atoms with Crippen molar-refractivity contribution in [3.63, 3.8) is 0 Å². The van der Waals surface area contributed by atoms with Crippen LogP contribution in [0.2, 0.25) is 0 Å². The van der Waals surface area contributed by atoms with Crippen LogP contribution in [-0.4, -0.2) is 25.5 Å². The van der Waals surface area contributed by atoms with Crippen LogP contribution in [0.25, 0.3) is 0 Å². The molecule has 0 aliphatic rings. The minimum Gasteiger partial charge on any atom is -0.497 e. The predicted molar refractivity (Wildman–Crippen MR) is 105 cm³/mol. The lowest BCUT2D eigenvalue weighted by Crippen LogP contribution is -2.28. The number of ether oxygens (including phenoxy) is 2. The van der Waals surface area contributed by atoms with Crippen molar-refractivity contribution in [3.8, 4) is 5.75 Å². The Morgan fingerprint density at radius 2 is 1.69 bits per heavy atom. The molecule has 0 saturated carbocycles. The molecule has 0 aromatic heterocycles. The van der Waals surface area contributed by atoms with Gasteiger partial charge in [0.15, 0.2) is 5.78 Å². The molecule has 1 atom stereocenters. The van der Waals surface area contributed by atoms with E-state index in [-0.39, 0.29) is 5.78 Å². The van der Waals surface area contributed by atoms with Gasteiger partial charge in [-0.1, -0.05) is 41.4 Å². The summed E-state index contributed by atoms with van der Waals surface area (Å²) in [5.74, 6) is -0.905. The van der Waals surface area contributed by atoms with Crippen molar-refractivity contribution in [1.82, 2.24) is 0 Å². The highest BCUT2D eigenvalue weighted by Crippen LogP contribution is 2.20. The molecule has 0 radical (unpaired) electrons. The molecule has 2 aromatic rings. The molecule has 2 rings (SSSR count). The van der Waals surface area contributed by atoms with Gasteiger partial charge in [0.25, 0.3) is 0 Å². The summed E-state index contributed by atoms with van der Waals surface area (Å²) in [5, 5.41) is 0. The molecule has 4 nitrogen and oxygen atoms in total. The van der Waals surface area contributed by atoms with Crippen LogP contribution < -0.4 is 4.74 Å². The summed E-state index contributed by atoms with van der Waals surface area (Å²) in [5.41, 5.74) is 1.38. The van der Waals surface area contributed by atoms with E-state index in [1.54, 1.807) is 31.4 Å². The van der Waals surface area contributed by atoms with Gasteiger partial charge in [0, 0.05) is 10.0 Å². The molecule has 1 unspecified atom stereocenters. The monoisotopic (exact) mass is 418 g/mol. The van der Waals surface area contributed by atoms with E-state index in [1.165, 1.54) is 0 Å². The first-order valence-electron chi connectivity index (χ1n) is 8.64. The maximum absolute atomic E-state index is 12.9. The molecule has 0 aliphatic carbocycles. The van der Waals surface area contributed by atoms with Gasteiger partial charge >= 0.3 is 5.97 Å². The van der Waals surface area contributed by atoms with Gasteiger partial charge in [-0.25, -0.2) is 0 Å². The Balaban J connectivity index is 2.20. The fraction of sp³-hybridized carbons (Fsp3) is 0.333. The second-order valence-electron chi connectivity index (χ2n) is 6.00. The molecule has 0 N–H and O–H groups in total. The number of rotatable bonds is 9. The summed E-state index contributed by atoms with van der Waals surface area (Å²) in [6.07, 6.45) is 2.02. The summed E-state index contributed by atoms with van der Waals surface area (Å²) in [4.78, 5) is 25.5. The van der Waals surface area contributed by atoms with Gasteiger partial charge in [-0.3, -0.25) is 9.59 Å². The maximum atomic E-state index is 12.9. The summed E-state index contributed by atoms with van der Waals surface area (Å²) in [6.45, 7) is 2.36. The lowest BCUT2D eigenvalue weighted by Gasteiger charge is -2.16. The molecule has 0 amide bonds. The molecule has 0 heterocycles. The number of halogens is 1. The van der Waals surface area contributed by atoms with E-state index in [1.807, 2.05) is 31.2 Å². The Morgan fingerprint density at radius 3 is 2.27 bits per heavy atom. The highest BCUT2D eigenvalue weighted by molar-refractivity contribution is 9.10. The van der Waals surface area contributed by atoms with Gasteiger partial charge in [0.05, 0.1) is 13.7 Å². The predicted octanol–water partition coefficient (Wildman–Crippen LogP) is 4.84. The van der Waals surface area contributed by atoms with Gasteiger partial charge in [0.1, 0.15) is 11.7 Å². The second kappa shape index (κ2) is 10.1. The fourth-order valence-electron chi connectivity index (χ4n) is 2.51. The first-order chi connectivity index (χ1) is 12.5. The SMILES string of the molecule is CCCCOC(=O)C(Cc1ccc(Br)cc1)C(=O)c1ccc(OC)cc1. The standard InChI is InChI=1S/C21H23BrO4/c1-3-4-13-26-21(24)19(14-15-5-9-17(22)10-6-15)20(23)16-7-11-18(25-2)12-8-16/h5-12,19H,3-4,13-14H2,1-2H3. The fourth-order valence-corrected chi connectivity index (χ4v) is 2.78. The van der Waals surface area contributed by atoms with Crippen molar-refractivity contribution in [3.05, 3.63) is 64.1 Å². The Kier molecular flexibility index (Phi) is 7.85. The van der Waals surface area contributed by atoms with Gasteiger partial charge in [-0.2, -0.15) is 0 Å². The van der Waals surface area contributed by atoms with Crippen molar-refractivity contribution in [2.75, 3.05) is 13.7 Å². The van der Waals surface area contributed by atoms with E-state index in [2.05, 4.69) is 15.9 Å². The lowest BCUT2D eigenvalue weighted by molar-refractivity contribution is -0.146. The molecule has 138 valence electrons. The molecule has 2 aromatic carbocycles. The quantitative estimate of drug-likeness (QED) is 0.253. The summed E-state index contributed by atoms with van der Waals surface area (Å²) in [7, 11) is 1.57. The van der Waals surface area contributed by atoms with E-state index < -0.39 is 11.9 Å². The van der Waals surface area contributed by atoms with E-state index >= 15 is 0 Å². The minimum absolute atomic E-state index is 0.239. The zero-order valence-corrected chi connectivity index (χ0v) is 16.6. The number of benzene rings is 2. The Morgan fingerprint density at radius 1 is 1.04 bits per heavy atom. The average Bonchev–Trinajstić information content (AvgIpc) is 2.67. The largest absolute Gasteiger partial charge is 0.497 e. The molecule has 0 aliphatic heterocycles. The van der Waals surface area contributed by atoms with Crippen molar-refractivity contribution in [2.24, 2.45) is 5.92 Å². The Hall–Kier alpha value is -2.14. The molecule has 0 fully saturated rings. The molecular formula is C21H23BrO4. The normalized spacial score (nSPS) is 11.7. The van der Waals surface area contributed by atoms with Crippen LogP contribution in [0.3, 0.4) is 0 Å². The Bertz CT molecular complexity index is 723. The van der Waals surface area contributed by atoms with Crippen LogP contribution in [0, 0.1) is 5.92 Å².